The fourth-order valence-corrected chi connectivity index (χ4v) is 4.57. The van der Waals surface area contributed by atoms with Crippen LogP contribution in [0, 0.1) is 0 Å². The zero-order valence-electron chi connectivity index (χ0n) is 9.64. The molecule has 0 saturated carbocycles. The van der Waals surface area contributed by atoms with Crippen molar-refractivity contribution in [1.82, 2.24) is 0 Å². The monoisotopic (exact) mass is 206 g/mol. The van der Waals surface area contributed by atoms with Gasteiger partial charge in [-0.25, -0.2) is 0 Å². The van der Waals surface area contributed by atoms with Crippen LogP contribution in [-0.2, 0) is 13.3 Å². The summed E-state index contributed by atoms with van der Waals surface area (Å²) in [5.74, 6) is 0. The van der Waals surface area contributed by atoms with Crippen molar-refractivity contribution in [3.63, 3.8) is 0 Å². The van der Waals surface area contributed by atoms with Gasteiger partial charge in [-0.3, -0.25) is 0 Å². The molecule has 0 aliphatic heterocycles. The van der Waals surface area contributed by atoms with Crippen molar-refractivity contribution < 1.29 is 13.3 Å². The molecule has 0 aliphatic rings. The first-order valence-electron chi connectivity index (χ1n) is 4.65. The van der Waals surface area contributed by atoms with E-state index >= 15 is 0 Å². The minimum absolute atomic E-state index is 0.0139. The molecule has 0 radical (unpaired) electrons. The Bertz CT molecular complexity index is 136. The van der Waals surface area contributed by atoms with E-state index in [1.165, 1.54) is 0 Å². The summed E-state index contributed by atoms with van der Waals surface area (Å²) in [6, 6.07) is 0. The summed E-state index contributed by atoms with van der Waals surface area (Å²) in [4.78, 5) is 0. The molecule has 3 nitrogen and oxygen atoms in total. The summed E-state index contributed by atoms with van der Waals surface area (Å²) in [5.41, 5.74) is 0. The van der Waals surface area contributed by atoms with Crippen LogP contribution in [0.3, 0.4) is 0 Å². The zero-order chi connectivity index (χ0) is 10.5. The topological polar surface area (TPSA) is 27.7 Å². The third kappa shape index (κ3) is 2.53. The van der Waals surface area contributed by atoms with Crippen LogP contribution < -0.4 is 0 Å². The zero-order valence-corrected chi connectivity index (χ0v) is 10.6. The third-order valence-electron chi connectivity index (χ3n) is 2.51. The van der Waals surface area contributed by atoms with Crippen molar-refractivity contribution in [2.24, 2.45) is 0 Å². The third-order valence-corrected chi connectivity index (χ3v) is 6.03. The van der Waals surface area contributed by atoms with Gasteiger partial charge in [0.2, 0.25) is 0 Å². The highest BCUT2D eigenvalue weighted by Crippen LogP contribution is 2.42. The molecule has 80 valence electrons. The molecular formula is C9H22O3Si. The summed E-state index contributed by atoms with van der Waals surface area (Å²) >= 11 is 0. The lowest BCUT2D eigenvalue weighted by molar-refractivity contribution is 0.0931. The molecule has 0 bridgehead atoms. The molecule has 0 aliphatic carbocycles. The summed E-state index contributed by atoms with van der Waals surface area (Å²) < 4.78 is 16.3. The lowest BCUT2D eigenvalue weighted by atomic mass is 10.1. The summed E-state index contributed by atoms with van der Waals surface area (Å²) in [5, 5.41) is -0.0139. The molecule has 0 aromatic carbocycles. The second-order valence-electron chi connectivity index (χ2n) is 3.80. The Morgan fingerprint density at radius 3 is 1.62 bits per heavy atom. The molecule has 0 aromatic heterocycles. The lowest BCUT2D eigenvalue weighted by Gasteiger charge is -2.38. The van der Waals surface area contributed by atoms with Gasteiger partial charge in [0, 0.05) is 26.4 Å². The van der Waals surface area contributed by atoms with Gasteiger partial charge in [0.15, 0.2) is 0 Å². The summed E-state index contributed by atoms with van der Waals surface area (Å²) in [6.45, 7) is 6.43. The Morgan fingerprint density at radius 1 is 1.00 bits per heavy atom. The van der Waals surface area contributed by atoms with Crippen LogP contribution in [0.2, 0.25) is 5.04 Å². The molecule has 0 rings (SSSR count). The normalized spacial score (nSPS) is 13.4. The molecule has 4 heteroatoms. The van der Waals surface area contributed by atoms with Gasteiger partial charge in [0.05, 0.1) is 0 Å². The van der Waals surface area contributed by atoms with Gasteiger partial charge < -0.3 is 13.3 Å². The predicted octanol–water partition coefficient (Wildman–Crippen LogP) is 2.44. The van der Waals surface area contributed by atoms with Crippen molar-refractivity contribution in [3.05, 3.63) is 0 Å². The predicted molar refractivity (Wildman–Crippen MR) is 55.7 cm³/mol. The van der Waals surface area contributed by atoms with Crippen molar-refractivity contribution in [1.29, 1.82) is 0 Å². The molecule has 0 heterocycles. The number of hydrogen-bond donors (Lipinski definition) is 0. The van der Waals surface area contributed by atoms with E-state index < -0.39 is 8.80 Å². The van der Waals surface area contributed by atoms with Gasteiger partial charge in [-0.2, -0.15) is 0 Å². The molecule has 0 atom stereocenters. The van der Waals surface area contributed by atoms with E-state index in [4.69, 9.17) is 13.3 Å². The smallest absolute Gasteiger partial charge is 0.377 e. The van der Waals surface area contributed by atoms with E-state index in [2.05, 4.69) is 20.8 Å². The first-order chi connectivity index (χ1) is 5.99. The Labute approximate surface area is 82.8 Å². The van der Waals surface area contributed by atoms with Crippen LogP contribution in [0.5, 0.6) is 0 Å². The summed E-state index contributed by atoms with van der Waals surface area (Å²) in [6.07, 6.45) is 2.16. The fraction of sp³-hybridized carbons (Fsp3) is 1.00. The van der Waals surface area contributed by atoms with Gasteiger partial charge in [0.1, 0.15) is 0 Å². The summed E-state index contributed by atoms with van der Waals surface area (Å²) in [7, 11) is 2.52. The molecule has 0 aromatic rings. The van der Waals surface area contributed by atoms with Gasteiger partial charge >= 0.3 is 8.80 Å². The Hall–Kier alpha value is 0.0969. The average Bonchev–Trinajstić information content (AvgIpc) is 2.07. The van der Waals surface area contributed by atoms with Crippen LogP contribution in [0.15, 0.2) is 0 Å². The van der Waals surface area contributed by atoms with Crippen molar-refractivity contribution in [2.75, 3.05) is 21.3 Å². The second-order valence-corrected chi connectivity index (χ2v) is 7.49. The van der Waals surface area contributed by atoms with Crippen LogP contribution in [-0.4, -0.2) is 30.1 Å². The van der Waals surface area contributed by atoms with Crippen LogP contribution >= 0.6 is 0 Å². The largest absolute Gasteiger partial charge is 0.506 e. The highest BCUT2D eigenvalue weighted by Gasteiger charge is 2.52. The van der Waals surface area contributed by atoms with E-state index in [0.29, 0.717) is 0 Å². The Morgan fingerprint density at radius 2 is 1.38 bits per heavy atom. The molecule has 0 saturated heterocycles. The van der Waals surface area contributed by atoms with Crippen LogP contribution in [0.4, 0.5) is 0 Å². The molecule has 0 N–H and O–H groups in total. The van der Waals surface area contributed by atoms with Gasteiger partial charge in [-0.05, 0) is 6.42 Å². The van der Waals surface area contributed by atoms with Gasteiger partial charge in [0.25, 0.3) is 0 Å². The highest BCUT2D eigenvalue weighted by atomic mass is 28.4. The molecule has 0 spiro atoms. The maximum atomic E-state index is 5.45. The Balaban J connectivity index is 4.68. The highest BCUT2D eigenvalue weighted by molar-refractivity contribution is 6.64. The molecule has 0 amide bonds. The second kappa shape index (κ2) is 5.10. The van der Waals surface area contributed by atoms with Crippen molar-refractivity contribution >= 4 is 8.80 Å². The van der Waals surface area contributed by atoms with Crippen LogP contribution in [0.25, 0.3) is 0 Å². The number of rotatable bonds is 6. The Kier molecular flexibility index (Phi) is 5.13. The van der Waals surface area contributed by atoms with E-state index in [0.717, 1.165) is 12.8 Å². The van der Waals surface area contributed by atoms with E-state index in [9.17, 15) is 0 Å². The number of hydrogen-bond acceptors (Lipinski definition) is 3. The quantitative estimate of drug-likeness (QED) is 0.625. The van der Waals surface area contributed by atoms with Crippen LogP contribution in [0.1, 0.15) is 33.6 Å². The van der Waals surface area contributed by atoms with Crippen molar-refractivity contribution in [3.8, 4) is 0 Å². The van der Waals surface area contributed by atoms with E-state index in [1.807, 2.05) is 0 Å². The van der Waals surface area contributed by atoms with Gasteiger partial charge in [-0.15, -0.1) is 0 Å². The lowest BCUT2D eigenvalue weighted by Crippen LogP contribution is -2.52. The first-order valence-corrected chi connectivity index (χ1v) is 6.37. The minimum atomic E-state index is -2.47. The fourth-order valence-electron chi connectivity index (χ4n) is 1.86. The molecule has 0 fully saturated rings. The molecule has 13 heavy (non-hydrogen) atoms. The first kappa shape index (κ1) is 13.1. The maximum absolute atomic E-state index is 5.45. The minimum Gasteiger partial charge on any atom is -0.377 e. The van der Waals surface area contributed by atoms with Gasteiger partial charge in [-0.1, -0.05) is 27.2 Å². The van der Waals surface area contributed by atoms with E-state index in [-0.39, 0.29) is 5.04 Å². The molecular weight excluding hydrogens is 184 g/mol. The average molecular weight is 206 g/mol. The SMILES string of the molecule is CCCC(C)(C)[Si](OC)(OC)OC. The molecule has 0 unspecified atom stereocenters. The van der Waals surface area contributed by atoms with Crippen molar-refractivity contribution in [2.45, 2.75) is 38.7 Å². The maximum Gasteiger partial charge on any atom is 0.506 e. The van der Waals surface area contributed by atoms with E-state index in [1.54, 1.807) is 21.3 Å². The standard InChI is InChI=1S/C9H22O3Si/c1-7-8-9(2,3)13(10-4,11-5)12-6/h7-8H2,1-6H3.